The number of piperidine rings is 1. The highest BCUT2D eigenvalue weighted by molar-refractivity contribution is 7.11. The first-order valence-electron chi connectivity index (χ1n) is 9.13. The van der Waals surface area contributed by atoms with E-state index in [1.54, 1.807) is 18.4 Å². The number of nitrogens with zero attached hydrogens (tertiary/aromatic N) is 3. The van der Waals surface area contributed by atoms with E-state index in [1.165, 1.54) is 4.88 Å². The number of guanidine groups is 1. The Morgan fingerprint density at radius 2 is 2.08 bits per heavy atom. The molecule has 142 valence electrons. The summed E-state index contributed by atoms with van der Waals surface area (Å²) in [7, 11) is 3.59. The molecule has 1 aromatic heterocycles. The van der Waals surface area contributed by atoms with Crippen LogP contribution in [0.5, 0.6) is 0 Å². The molecule has 25 heavy (non-hydrogen) atoms. The number of nitrogens with one attached hydrogen (secondary N) is 1. The number of hydrogen-bond donors (Lipinski definition) is 1. The molecular formula is C18H32N4O2S. The normalized spacial score (nSPS) is 16.5. The molecule has 0 radical (unpaired) electrons. The van der Waals surface area contributed by atoms with Crippen LogP contribution >= 0.6 is 11.3 Å². The van der Waals surface area contributed by atoms with Crippen LogP contribution in [0.25, 0.3) is 0 Å². The van der Waals surface area contributed by atoms with Crippen LogP contribution in [0, 0.1) is 13.8 Å². The van der Waals surface area contributed by atoms with Crippen molar-refractivity contribution in [3.63, 3.8) is 0 Å². The molecule has 1 aliphatic heterocycles. The summed E-state index contributed by atoms with van der Waals surface area (Å²) in [5.74, 6) is 0.997. The Morgan fingerprint density at radius 3 is 2.68 bits per heavy atom. The van der Waals surface area contributed by atoms with Gasteiger partial charge in [-0.25, -0.2) is 4.98 Å². The zero-order valence-corrected chi connectivity index (χ0v) is 16.8. The van der Waals surface area contributed by atoms with Crippen molar-refractivity contribution in [2.75, 3.05) is 47.0 Å². The lowest BCUT2D eigenvalue weighted by Crippen LogP contribution is -2.47. The minimum atomic E-state index is 0.369. The first kappa shape index (κ1) is 20.1. The van der Waals surface area contributed by atoms with E-state index in [1.807, 2.05) is 7.05 Å². The van der Waals surface area contributed by atoms with Crippen molar-refractivity contribution >= 4 is 17.3 Å². The van der Waals surface area contributed by atoms with Gasteiger partial charge in [-0.2, -0.15) is 0 Å². The molecule has 0 saturated carbocycles. The summed E-state index contributed by atoms with van der Waals surface area (Å²) in [5, 5.41) is 4.64. The third-order valence-electron chi connectivity index (χ3n) is 4.43. The molecule has 1 N–H and O–H groups in total. The van der Waals surface area contributed by atoms with E-state index < -0.39 is 0 Å². The zero-order valence-electron chi connectivity index (χ0n) is 16.0. The summed E-state index contributed by atoms with van der Waals surface area (Å²) in [6.07, 6.45) is 4.45. The first-order valence-corrected chi connectivity index (χ1v) is 9.94. The van der Waals surface area contributed by atoms with Gasteiger partial charge < -0.3 is 19.7 Å². The fourth-order valence-electron chi connectivity index (χ4n) is 3.11. The number of methoxy groups -OCH3 is 1. The molecule has 1 aliphatic rings. The molecule has 1 saturated heterocycles. The molecule has 0 atom stereocenters. The molecule has 2 heterocycles. The molecule has 0 amide bonds. The minimum Gasteiger partial charge on any atom is -0.385 e. The topological polar surface area (TPSA) is 59.0 Å². The van der Waals surface area contributed by atoms with E-state index in [0.29, 0.717) is 6.10 Å². The van der Waals surface area contributed by atoms with Crippen molar-refractivity contribution in [2.24, 2.45) is 4.99 Å². The molecule has 0 aromatic carbocycles. The fourth-order valence-corrected chi connectivity index (χ4v) is 4.05. The Balaban J connectivity index is 1.68. The maximum Gasteiger partial charge on any atom is 0.193 e. The third kappa shape index (κ3) is 6.56. The molecule has 2 rings (SSSR count). The average molecular weight is 369 g/mol. The van der Waals surface area contributed by atoms with Crippen LogP contribution in [0.1, 0.15) is 34.8 Å². The van der Waals surface area contributed by atoms with Crippen molar-refractivity contribution in [1.82, 2.24) is 15.2 Å². The van der Waals surface area contributed by atoms with Crippen LogP contribution in [0.3, 0.4) is 0 Å². The Kier molecular flexibility index (Phi) is 8.64. The highest BCUT2D eigenvalue weighted by atomic mass is 32.1. The maximum absolute atomic E-state index is 5.93. The summed E-state index contributed by atoms with van der Waals surface area (Å²) < 4.78 is 11.0. The number of aryl methyl sites for hydroxylation is 2. The van der Waals surface area contributed by atoms with Gasteiger partial charge >= 0.3 is 0 Å². The van der Waals surface area contributed by atoms with Crippen molar-refractivity contribution in [3.8, 4) is 0 Å². The van der Waals surface area contributed by atoms with Crippen LogP contribution in [-0.2, 0) is 15.9 Å². The molecule has 0 unspecified atom stereocenters. The second kappa shape index (κ2) is 10.7. The molecule has 1 aromatic rings. The smallest absolute Gasteiger partial charge is 0.193 e. The largest absolute Gasteiger partial charge is 0.385 e. The molecule has 6 nitrogen and oxygen atoms in total. The van der Waals surface area contributed by atoms with E-state index >= 15 is 0 Å². The lowest BCUT2D eigenvalue weighted by molar-refractivity contribution is 0.00992. The van der Waals surface area contributed by atoms with Gasteiger partial charge in [0.1, 0.15) is 0 Å². The number of rotatable bonds is 8. The predicted octanol–water partition coefficient (Wildman–Crippen LogP) is 2.40. The molecule has 0 spiro atoms. The van der Waals surface area contributed by atoms with Crippen LogP contribution in [0.4, 0.5) is 0 Å². The first-order chi connectivity index (χ1) is 12.1. The van der Waals surface area contributed by atoms with Gasteiger partial charge in [-0.3, -0.25) is 4.99 Å². The fraction of sp³-hybridized carbons (Fsp3) is 0.778. The Labute approximate surface area is 155 Å². The minimum absolute atomic E-state index is 0.369. The Hall–Kier alpha value is -1.18. The van der Waals surface area contributed by atoms with Crippen molar-refractivity contribution in [1.29, 1.82) is 0 Å². The van der Waals surface area contributed by atoms with Crippen LogP contribution in [-0.4, -0.2) is 69.0 Å². The van der Waals surface area contributed by atoms with Gasteiger partial charge in [0.2, 0.25) is 0 Å². The Morgan fingerprint density at radius 1 is 1.32 bits per heavy atom. The van der Waals surface area contributed by atoms with Gasteiger partial charge in [0.05, 0.1) is 16.8 Å². The second-order valence-corrected chi connectivity index (χ2v) is 7.66. The van der Waals surface area contributed by atoms with Crippen molar-refractivity contribution < 1.29 is 9.47 Å². The summed E-state index contributed by atoms with van der Waals surface area (Å²) in [5.41, 5.74) is 1.16. The molecule has 0 bridgehead atoms. The van der Waals surface area contributed by atoms with E-state index in [0.717, 1.165) is 75.2 Å². The lowest BCUT2D eigenvalue weighted by atomic mass is 10.1. The van der Waals surface area contributed by atoms with Gasteiger partial charge in [-0.05, 0) is 33.1 Å². The summed E-state index contributed by atoms with van der Waals surface area (Å²) in [6, 6.07) is 0. The quantitative estimate of drug-likeness (QED) is 0.434. The number of hydrogen-bond acceptors (Lipinski definition) is 5. The van der Waals surface area contributed by atoms with Gasteiger partial charge in [0.15, 0.2) is 5.96 Å². The van der Waals surface area contributed by atoms with E-state index in [9.17, 15) is 0 Å². The SMILES string of the molecule is CN=C(NCCc1sc(C)nc1C)N1CCC(OCCCOC)CC1. The van der Waals surface area contributed by atoms with Crippen LogP contribution < -0.4 is 5.32 Å². The average Bonchev–Trinajstić information content (AvgIpc) is 2.94. The number of ether oxygens (including phenoxy) is 2. The molecule has 7 heteroatoms. The highest BCUT2D eigenvalue weighted by Crippen LogP contribution is 2.17. The van der Waals surface area contributed by atoms with E-state index in [2.05, 4.69) is 34.0 Å². The molecule has 1 fully saturated rings. The third-order valence-corrected chi connectivity index (χ3v) is 5.57. The number of aromatic nitrogens is 1. The monoisotopic (exact) mass is 368 g/mol. The molecular weight excluding hydrogens is 336 g/mol. The molecule has 0 aliphatic carbocycles. The lowest BCUT2D eigenvalue weighted by Gasteiger charge is -2.34. The summed E-state index contributed by atoms with van der Waals surface area (Å²) >= 11 is 1.79. The van der Waals surface area contributed by atoms with Gasteiger partial charge in [0.25, 0.3) is 0 Å². The zero-order chi connectivity index (χ0) is 18.1. The standard InChI is InChI=1S/C18H32N4O2S/c1-14-17(25-15(2)21-14)6-9-20-18(19-3)22-10-7-16(8-11-22)24-13-5-12-23-4/h16H,5-13H2,1-4H3,(H,19,20). The second-order valence-electron chi connectivity index (χ2n) is 6.37. The summed E-state index contributed by atoms with van der Waals surface area (Å²) in [6.45, 7) is 8.59. The van der Waals surface area contributed by atoms with Crippen LogP contribution in [0.2, 0.25) is 0 Å². The van der Waals surface area contributed by atoms with Crippen molar-refractivity contribution in [3.05, 3.63) is 15.6 Å². The number of aliphatic imine (C=N–C) groups is 1. The summed E-state index contributed by atoms with van der Waals surface area (Å²) in [4.78, 5) is 12.6. The highest BCUT2D eigenvalue weighted by Gasteiger charge is 2.21. The van der Waals surface area contributed by atoms with Gasteiger partial charge in [-0.15, -0.1) is 11.3 Å². The van der Waals surface area contributed by atoms with Gasteiger partial charge in [-0.1, -0.05) is 0 Å². The predicted molar refractivity (Wildman–Crippen MR) is 104 cm³/mol. The van der Waals surface area contributed by atoms with Crippen LogP contribution in [0.15, 0.2) is 4.99 Å². The number of likely N-dealkylation sites (tertiary alicyclic amines) is 1. The Bertz CT molecular complexity index is 539. The maximum atomic E-state index is 5.93. The number of thiazole rings is 1. The van der Waals surface area contributed by atoms with E-state index in [4.69, 9.17) is 9.47 Å². The van der Waals surface area contributed by atoms with E-state index in [-0.39, 0.29) is 0 Å². The van der Waals surface area contributed by atoms with Crippen molar-refractivity contribution in [2.45, 2.75) is 45.6 Å². The van der Waals surface area contributed by atoms with Gasteiger partial charge in [0, 0.05) is 58.3 Å².